The second kappa shape index (κ2) is 7.43. The van der Waals surface area contributed by atoms with Crippen molar-refractivity contribution in [3.8, 4) is 0 Å². The molecular formula is C18H26N2O2. The largest absolute Gasteiger partial charge is 0.273 e. The Labute approximate surface area is 132 Å². The summed E-state index contributed by atoms with van der Waals surface area (Å²) < 4.78 is 0. The average molecular weight is 302 g/mol. The molecule has 4 nitrogen and oxygen atoms in total. The number of rotatable bonds is 3. The maximum atomic E-state index is 12.5. The lowest BCUT2D eigenvalue weighted by Gasteiger charge is -2.36. The molecule has 0 radical (unpaired) electrons. The number of carbonyl (C=O) groups is 2. The van der Waals surface area contributed by atoms with Crippen LogP contribution in [0.15, 0.2) is 30.3 Å². The maximum Gasteiger partial charge on any atom is 0.269 e. The van der Waals surface area contributed by atoms with Crippen molar-refractivity contribution in [2.45, 2.75) is 40.0 Å². The van der Waals surface area contributed by atoms with E-state index in [2.05, 4.69) is 31.6 Å². The Morgan fingerprint density at radius 1 is 1.09 bits per heavy atom. The Morgan fingerprint density at radius 2 is 1.77 bits per heavy atom. The molecule has 1 aromatic carbocycles. The summed E-state index contributed by atoms with van der Waals surface area (Å²) in [6, 6.07) is 8.90. The lowest BCUT2D eigenvalue weighted by atomic mass is 9.70. The number of hydrazine groups is 1. The van der Waals surface area contributed by atoms with Crippen molar-refractivity contribution in [3.63, 3.8) is 0 Å². The normalized spacial score (nSPS) is 24.8. The fourth-order valence-electron chi connectivity index (χ4n) is 3.38. The van der Waals surface area contributed by atoms with Crippen molar-refractivity contribution in [3.05, 3.63) is 35.9 Å². The van der Waals surface area contributed by atoms with Gasteiger partial charge >= 0.3 is 0 Å². The van der Waals surface area contributed by atoms with E-state index < -0.39 is 0 Å². The molecule has 0 saturated heterocycles. The van der Waals surface area contributed by atoms with E-state index in [-0.39, 0.29) is 17.7 Å². The Kier molecular flexibility index (Phi) is 5.58. The van der Waals surface area contributed by atoms with Gasteiger partial charge < -0.3 is 0 Å². The molecule has 2 amide bonds. The van der Waals surface area contributed by atoms with Crippen molar-refractivity contribution >= 4 is 11.8 Å². The van der Waals surface area contributed by atoms with Crippen LogP contribution in [0.3, 0.4) is 0 Å². The van der Waals surface area contributed by atoms with Gasteiger partial charge in [-0.05, 0) is 42.7 Å². The fraction of sp³-hybridized carbons (Fsp3) is 0.556. The van der Waals surface area contributed by atoms with Gasteiger partial charge in [-0.2, -0.15) is 0 Å². The van der Waals surface area contributed by atoms with Crippen LogP contribution >= 0.6 is 0 Å². The second-order valence-corrected chi connectivity index (χ2v) is 6.74. The molecule has 0 unspecified atom stereocenters. The number of amides is 2. The van der Waals surface area contributed by atoms with Crippen LogP contribution in [0, 0.1) is 23.7 Å². The number of nitrogens with one attached hydrogen (secondary N) is 2. The van der Waals surface area contributed by atoms with Crippen molar-refractivity contribution in [1.29, 1.82) is 0 Å². The minimum absolute atomic E-state index is 0.0141. The van der Waals surface area contributed by atoms with Crippen LogP contribution in [-0.4, -0.2) is 11.8 Å². The van der Waals surface area contributed by atoms with Gasteiger partial charge in [-0.3, -0.25) is 20.4 Å². The Balaban J connectivity index is 1.94. The van der Waals surface area contributed by atoms with E-state index in [4.69, 9.17) is 0 Å². The molecule has 3 atom stereocenters. The number of hydrogen-bond acceptors (Lipinski definition) is 2. The molecule has 0 spiro atoms. The lowest BCUT2D eigenvalue weighted by molar-refractivity contribution is -0.130. The third-order valence-corrected chi connectivity index (χ3v) is 4.69. The monoisotopic (exact) mass is 302 g/mol. The van der Waals surface area contributed by atoms with E-state index in [1.54, 1.807) is 24.3 Å². The highest BCUT2D eigenvalue weighted by Gasteiger charge is 2.35. The van der Waals surface area contributed by atoms with Gasteiger partial charge in [-0.25, -0.2) is 0 Å². The van der Waals surface area contributed by atoms with Crippen LogP contribution in [0.25, 0.3) is 0 Å². The van der Waals surface area contributed by atoms with Crippen LogP contribution in [0.2, 0.25) is 0 Å². The topological polar surface area (TPSA) is 58.2 Å². The van der Waals surface area contributed by atoms with Gasteiger partial charge in [0.1, 0.15) is 0 Å². The van der Waals surface area contributed by atoms with Crippen molar-refractivity contribution in [1.82, 2.24) is 10.9 Å². The maximum absolute atomic E-state index is 12.5. The van der Waals surface area contributed by atoms with E-state index in [9.17, 15) is 9.59 Å². The first-order chi connectivity index (χ1) is 10.5. The van der Waals surface area contributed by atoms with Gasteiger partial charge in [-0.15, -0.1) is 0 Å². The van der Waals surface area contributed by atoms with E-state index >= 15 is 0 Å². The molecule has 1 aliphatic carbocycles. The van der Waals surface area contributed by atoms with Gasteiger partial charge in [0.2, 0.25) is 5.91 Å². The van der Waals surface area contributed by atoms with Crippen molar-refractivity contribution in [2.24, 2.45) is 23.7 Å². The molecule has 120 valence electrons. The zero-order valence-corrected chi connectivity index (χ0v) is 13.6. The third-order valence-electron chi connectivity index (χ3n) is 4.69. The summed E-state index contributed by atoms with van der Waals surface area (Å²) in [5.74, 6) is 1.08. The summed E-state index contributed by atoms with van der Waals surface area (Å²) >= 11 is 0. The highest BCUT2D eigenvalue weighted by atomic mass is 16.2. The molecule has 0 heterocycles. The van der Waals surface area contributed by atoms with Crippen LogP contribution in [-0.2, 0) is 4.79 Å². The summed E-state index contributed by atoms with van der Waals surface area (Å²) in [5, 5.41) is 0. The lowest BCUT2D eigenvalue weighted by Crippen LogP contribution is -2.48. The minimum atomic E-state index is -0.279. The quantitative estimate of drug-likeness (QED) is 0.843. The summed E-state index contributed by atoms with van der Waals surface area (Å²) in [6.07, 6.45) is 3.17. The predicted molar refractivity (Wildman–Crippen MR) is 86.9 cm³/mol. The number of carbonyl (C=O) groups excluding carboxylic acids is 2. The Bertz CT molecular complexity index is 513. The molecule has 1 aliphatic rings. The standard InChI is InChI=1S/C18H26N2O2/c1-12(2)15-10-9-13(3)11-16(15)18(22)20-19-17(21)14-7-5-4-6-8-14/h4-8,12-13,15-16H,9-11H2,1-3H3,(H,19,21)(H,20,22)/t13-,15+,16-/m1/s1. The minimum Gasteiger partial charge on any atom is -0.273 e. The predicted octanol–water partition coefficient (Wildman–Crippen LogP) is 3.16. The SMILES string of the molecule is CC(C)[C@@H]1CC[C@@H](C)C[C@H]1C(=O)NNC(=O)c1ccccc1. The highest BCUT2D eigenvalue weighted by molar-refractivity contribution is 5.95. The summed E-state index contributed by atoms with van der Waals surface area (Å²) in [5.41, 5.74) is 5.69. The van der Waals surface area contributed by atoms with E-state index in [1.165, 1.54) is 6.42 Å². The molecule has 2 N–H and O–H groups in total. The van der Waals surface area contributed by atoms with E-state index in [1.807, 2.05) is 6.07 Å². The van der Waals surface area contributed by atoms with Crippen molar-refractivity contribution in [2.75, 3.05) is 0 Å². The average Bonchev–Trinajstić information content (AvgIpc) is 2.52. The fourth-order valence-corrected chi connectivity index (χ4v) is 3.38. The molecule has 2 rings (SSSR count). The zero-order chi connectivity index (χ0) is 16.1. The van der Waals surface area contributed by atoms with Crippen LogP contribution in [0.5, 0.6) is 0 Å². The Hall–Kier alpha value is -1.84. The molecule has 1 saturated carbocycles. The molecule has 1 fully saturated rings. The summed E-state index contributed by atoms with van der Waals surface area (Å²) in [4.78, 5) is 24.5. The highest BCUT2D eigenvalue weighted by Crippen LogP contribution is 2.37. The molecule has 0 aliphatic heterocycles. The first-order valence-corrected chi connectivity index (χ1v) is 8.14. The van der Waals surface area contributed by atoms with Crippen molar-refractivity contribution < 1.29 is 9.59 Å². The molecule has 22 heavy (non-hydrogen) atoms. The first-order valence-electron chi connectivity index (χ1n) is 8.14. The summed E-state index contributed by atoms with van der Waals surface area (Å²) in [7, 11) is 0. The van der Waals surface area contributed by atoms with Crippen LogP contribution in [0.1, 0.15) is 50.4 Å². The van der Waals surface area contributed by atoms with Gasteiger partial charge in [0.15, 0.2) is 0 Å². The van der Waals surface area contributed by atoms with Gasteiger partial charge in [0, 0.05) is 11.5 Å². The second-order valence-electron chi connectivity index (χ2n) is 6.74. The summed E-state index contributed by atoms with van der Waals surface area (Å²) in [6.45, 7) is 6.53. The number of hydrogen-bond donors (Lipinski definition) is 2. The van der Waals surface area contributed by atoms with Gasteiger partial charge in [0.05, 0.1) is 0 Å². The smallest absolute Gasteiger partial charge is 0.269 e. The molecular weight excluding hydrogens is 276 g/mol. The van der Waals surface area contributed by atoms with Gasteiger partial charge in [-0.1, -0.05) is 45.4 Å². The third kappa shape index (κ3) is 4.09. The van der Waals surface area contributed by atoms with E-state index in [0.717, 1.165) is 12.8 Å². The molecule has 1 aromatic rings. The van der Waals surface area contributed by atoms with Crippen LogP contribution in [0.4, 0.5) is 0 Å². The zero-order valence-electron chi connectivity index (χ0n) is 13.6. The Morgan fingerprint density at radius 3 is 2.41 bits per heavy atom. The molecule has 4 heteroatoms. The van der Waals surface area contributed by atoms with E-state index in [0.29, 0.717) is 23.3 Å². The molecule has 0 bridgehead atoms. The number of benzene rings is 1. The van der Waals surface area contributed by atoms with Crippen LogP contribution < -0.4 is 10.9 Å². The van der Waals surface area contributed by atoms with Gasteiger partial charge in [0.25, 0.3) is 5.91 Å². The molecule has 0 aromatic heterocycles. The first kappa shape index (κ1) is 16.5.